The highest BCUT2D eigenvalue weighted by Gasteiger charge is 2.19. The maximum Gasteiger partial charge on any atom is 0.0830 e. The van der Waals surface area contributed by atoms with E-state index in [1.807, 2.05) is 6.20 Å². The maximum absolute atomic E-state index is 4.39. The van der Waals surface area contributed by atoms with Gasteiger partial charge in [-0.25, -0.2) is 0 Å². The van der Waals surface area contributed by atoms with Crippen LogP contribution in [-0.4, -0.2) is 35.6 Å². The lowest BCUT2D eigenvalue weighted by atomic mass is 10.0. The molecule has 0 aromatic carbocycles. The van der Waals surface area contributed by atoms with Crippen LogP contribution in [0.4, 0.5) is 5.69 Å². The standard InChI is InChI=1S/C16H21N3S/c1-12(2)11-19-8-4-13(5-9-19)18-15-3-7-17-14-6-10-20-16(14)15/h3,6-7,10,13H,1,4-5,8-9,11H2,2H3,(H,17,18). The highest BCUT2D eigenvalue weighted by atomic mass is 32.1. The van der Waals surface area contributed by atoms with Crippen LogP contribution in [0, 0.1) is 0 Å². The van der Waals surface area contributed by atoms with Crippen LogP contribution in [0.25, 0.3) is 10.2 Å². The van der Waals surface area contributed by atoms with Crippen molar-refractivity contribution in [1.29, 1.82) is 0 Å². The lowest BCUT2D eigenvalue weighted by Crippen LogP contribution is -2.39. The first-order chi connectivity index (χ1) is 9.72. The zero-order valence-electron chi connectivity index (χ0n) is 11.9. The smallest absolute Gasteiger partial charge is 0.0830 e. The Morgan fingerprint density at radius 2 is 2.25 bits per heavy atom. The molecule has 20 heavy (non-hydrogen) atoms. The molecule has 0 unspecified atom stereocenters. The van der Waals surface area contributed by atoms with Crippen molar-refractivity contribution in [2.45, 2.75) is 25.8 Å². The van der Waals surface area contributed by atoms with Crippen LogP contribution in [0.15, 0.2) is 35.9 Å². The summed E-state index contributed by atoms with van der Waals surface area (Å²) in [5, 5.41) is 5.81. The molecule has 2 aromatic heterocycles. The van der Waals surface area contributed by atoms with E-state index in [2.05, 4.69) is 46.2 Å². The second kappa shape index (κ2) is 5.94. The lowest BCUT2D eigenvalue weighted by molar-refractivity contribution is 0.236. The first-order valence-corrected chi connectivity index (χ1v) is 8.06. The van der Waals surface area contributed by atoms with Crippen LogP contribution >= 0.6 is 11.3 Å². The molecule has 0 radical (unpaired) electrons. The zero-order chi connectivity index (χ0) is 13.9. The molecule has 3 heterocycles. The molecule has 1 N–H and O–H groups in total. The summed E-state index contributed by atoms with van der Waals surface area (Å²) < 4.78 is 1.27. The van der Waals surface area contributed by atoms with Crippen LogP contribution in [0.1, 0.15) is 19.8 Å². The van der Waals surface area contributed by atoms with E-state index in [0.29, 0.717) is 6.04 Å². The minimum absolute atomic E-state index is 0.573. The predicted octanol–water partition coefficient (Wildman–Crippen LogP) is 3.75. The van der Waals surface area contributed by atoms with Gasteiger partial charge in [-0.1, -0.05) is 12.2 Å². The summed E-state index contributed by atoms with van der Waals surface area (Å²) in [7, 11) is 0. The Balaban J connectivity index is 1.62. The van der Waals surface area contributed by atoms with E-state index in [9.17, 15) is 0 Å². The van der Waals surface area contributed by atoms with Crippen LogP contribution in [0.3, 0.4) is 0 Å². The molecular weight excluding hydrogens is 266 g/mol. The summed E-state index contributed by atoms with van der Waals surface area (Å²) in [6, 6.07) is 4.75. The van der Waals surface area contributed by atoms with Gasteiger partial charge in [0.2, 0.25) is 0 Å². The van der Waals surface area contributed by atoms with E-state index in [4.69, 9.17) is 0 Å². The fraction of sp³-hybridized carbons (Fsp3) is 0.438. The van der Waals surface area contributed by atoms with Gasteiger partial charge in [0.05, 0.1) is 15.9 Å². The largest absolute Gasteiger partial charge is 0.381 e. The second-order valence-electron chi connectivity index (χ2n) is 5.65. The second-order valence-corrected chi connectivity index (χ2v) is 6.56. The van der Waals surface area contributed by atoms with Crippen LogP contribution in [-0.2, 0) is 0 Å². The van der Waals surface area contributed by atoms with Crippen molar-refractivity contribution in [1.82, 2.24) is 9.88 Å². The molecule has 1 aliphatic rings. The van der Waals surface area contributed by atoms with Crippen molar-refractivity contribution in [3.63, 3.8) is 0 Å². The molecule has 0 amide bonds. The fourth-order valence-electron chi connectivity index (χ4n) is 2.82. The molecule has 0 spiro atoms. The number of anilines is 1. The van der Waals surface area contributed by atoms with Gasteiger partial charge in [-0.05, 0) is 37.3 Å². The van der Waals surface area contributed by atoms with Crippen molar-refractivity contribution in [3.8, 4) is 0 Å². The number of piperidine rings is 1. The first kappa shape index (κ1) is 13.6. The summed E-state index contributed by atoms with van der Waals surface area (Å²) >= 11 is 1.76. The molecule has 0 aliphatic carbocycles. The number of aromatic nitrogens is 1. The average Bonchev–Trinajstić information content (AvgIpc) is 2.90. The van der Waals surface area contributed by atoms with E-state index < -0.39 is 0 Å². The SMILES string of the molecule is C=C(C)CN1CCC(Nc2ccnc3ccsc23)CC1. The van der Waals surface area contributed by atoms with Crippen molar-refractivity contribution in [2.24, 2.45) is 0 Å². The number of hydrogen-bond donors (Lipinski definition) is 1. The highest BCUT2D eigenvalue weighted by molar-refractivity contribution is 7.17. The van der Waals surface area contributed by atoms with E-state index in [0.717, 1.165) is 25.2 Å². The summed E-state index contributed by atoms with van der Waals surface area (Å²) in [6.07, 6.45) is 4.29. The maximum atomic E-state index is 4.39. The Labute approximate surface area is 124 Å². The van der Waals surface area contributed by atoms with Gasteiger partial charge in [0, 0.05) is 31.9 Å². The molecule has 0 atom stereocenters. The third-order valence-electron chi connectivity index (χ3n) is 3.78. The molecule has 1 aliphatic heterocycles. The van der Waals surface area contributed by atoms with E-state index in [1.165, 1.54) is 28.8 Å². The lowest BCUT2D eigenvalue weighted by Gasteiger charge is -2.33. The van der Waals surface area contributed by atoms with Crippen molar-refractivity contribution in [3.05, 3.63) is 35.9 Å². The van der Waals surface area contributed by atoms with Crippen molar-refractivity contribution in [2.75, 3.05) is 25.0 Å². The molecule has 3 nitrogen and oxygen atoms in total. The number of hydrogen-bond acceptors (Lipinski definition) is 4. The number of nitrogens with zero attached hydrogens (tertiary/aromatic N) is 2. The van der Waals surface area contributed by atoms with Crippen LogP contribution in [0.5, 0.6) is 0 Å². The van der Waals surface area contributed by atoms with Crippen LogP contribution in [0.2, 0.25) is 0 Å². The number of fused-ring (bicyclic) bond motifs is 1. The molecule has 0 saturated carbocycles. The third kappa shape index (κ3) is 3.02. The Morgan fingerprint density at radius 3 is 3.00 bits per heavy atom. The normalized spacial score (nSPS) is 17.4. The molecule has 2 aromatic rings. The Morgan fingerprint density at radius 1 is 1.45 bits per heavy atom. The summed E-state index contributed by atoms with van der Waals surface area (Å²) in [6.45, 7) is 9.46. The first-order valence-electron chi connectivity index (χ1n) is 7.18. The van der Waals surface area contributed by atoms with Crippen molar-refractivity contribution < 1.29 is 0 Å². The van der Waals surface area contributed by atoms with Gasteiger partial charge in [0.1, 0.15) is 0 Å². The van der Waals surface area contributed by atoms with E-state index >= 15 is 0 Å². The van der Waals surface area contributed by atoms with E-state index in [1.54, 1.807) is 11.3 Å². The highest BCUT2D eigenvalue weighted by Crippen LogP contribution is 2.28. The molecule has 4 heteroatoms. The van der Waals surface area contributed by atoms with Gasteiger partial charge < -0.3 is 5.32 Å². The van der Waals surface area contributed by atoms with Gasteiger partial charge >= 0.3 is 0 Å². The van der Waals surface area contributed by atoms with Gasteiger partial charge in [-0.2, -0.15) is 0 Å². The molecule has 1 fully saturated rings. The monoisotopic (exact) mass is 287 g/mol. The van der Waals surface area contributed by atoms with Crippen LogP contribution < -0.4 is 5.32 Å². The molecule has 1 saturated heterocycles. The quantitative estimate of drug-likeness (QED) is 0.868. The van der Waals surface area contributed by atoms with Gasteiger partial charge in [0.15, 0.2) is 0 Å². The Kier molecular flexibility index (Phi) is 4.03. The van der Waals surface area contributed by atoms with Crippen molar-refractivity contribution >= 4 is 27.2 Å². The molecule has 3 rings (SSSR count). The van der Waals surface area contributed by atoms with Gasteiger partial charge in [-0.15, -0.1) is 11.3 Å². The molecule has 106 valence electrons. The minimum atomic E-state index is 0.573. The number of nitrogens with one attached hydrogen (secondary N) is 1. The predicted molar refractivity (Wildman–Crippen MR) is 87.5 cm³/mol. The summed E-state index contributed by atoms with van der Waals surface area (Å²) in [5.41, 5.74) is 3.59. The van der Waals surface area contributed by atoms with E-state index in [-0.39, 0.29) is 0 Å². The number of pyridine rings is 1. The Hall–Kier alpha value is -1.39. The third-order valence-corrected chi connectivity index (χ3v) is 4.72. The summed E-state index contributed by atoms with van der Waals surface area (Å²) in [4.78, 5) is 6.89. The van der Waals surface area contributed by atoms with Gasteiger partial charge in [0.25, 0.3) is 0 Å². The minimum Gasteiger partial charge on any atom is -0.381 e. The Bertz CT molecular complexity index is 597. The fourth-order valence-corrected chi connectivity index (χ4v) is 3.65. The summed E-state index contributed by atoms with van der Waals surface area (Å²) in [5.74, 6) is 0. The molecule has 0 bridgehead atoms. The van der Waals surface area contributed by atoms with Gasteiger partial charge in [-0.3, -0.25) is 9.88 Å². The number of rotatable bonds is 4. The topological polar surface area (TPSA) is 28.2 Å². The number of likely N-dealkylation sites (tertiary alicyclic amines) is 1. The molecular formula is C16H21N3S. The number of thiophene rings is 1. The average molecular weight is 287 g/mol. The zero-order valence-corrected chi connectivity index (χ0v) is 12.7.